The fraction of sp³-hybridized carbons (Fsp3) is 0.263. The highest BCUT2D eigenvalue weighted by atomic mass is 79.9. The van der Waals surface area contributed by atoms with Crippen molar-refractivity contribution >= 4 is 24.2 Å². The van der Waals surface area contributed by atoms with Gasteiger partial charge >= 0.3 is 0 Å². The van der Waals surface area contributed by atoms with E-state index < -0.39 is 13.9 Å². The van der Waals surface area contributed by atoms with E-state index in [4.69, 9.17) is 4.43 Å². The van der Waals surface area contributed by atoms with E-state index in [0.29, 0.717) is 0 Å². The second-order valence-corrected chi connectivity index (χ2v) is 12.1. The van der Waals surface area contributed by atoms with Crippen LogP contribution in [0.25, 0.3) is 11.1 Å². The smallest absolute Gasteiger partial charge is 0.185 e. The van der Waals surface area contributed by atoms with Crippen LogP contribution in [0.15, 0.2) is 59.6 Å². The molecule has 0 saturated heterocycles. The zero-order chi connectivity index (χ0) is 16.0. The second-order valence-electron chi connectivity index (χ2n) is 6.77. The maximum absolute atomic E-state index is 6.78. The van der Waals surface area contributed by atoms with E-state index in [9.17, 15) is 0 Å². The van der Waals surface area contributed by atoms with Crippen molar-refractivity contribution in [2.45, 2.75) is 31.7 Å². The van der Waals surface area contributed by atoms with Gasteiger partial charge in [0.05, 0.1) is 0 Å². The molecule has 114 valence electrons. The Kier molecular flexibility index (Phi) is 3.92. The maximum Gasteiger partial charge on any atom is 0.185 e. The van der Waals surface area contributed by atoms with Crippen LogP contribution in [0.3, 0.4) is 0 Å². The molecule has 1 nitrogen and oxygen atoms in total. The van der Waals surface area contributed by atoms with Gasteiger partial charge in [0.25, 0.3) is 0 Å². The van der Waals surface area contributed by atoms with E-state index in [1.54, 1.807) is 0 Å². The summed E-state index contributed by atoms with van der Waals surface area (Å²) in [7, 11) is -1.75. The summed E-state index contributed by atoms with van der Waals surface area (Å²) in [5, 5.41) is 0. The summed E-state index contributed by atoms with van der Waals surface area (Å²) in [6.07, 6.45) is 2.77. The molecule has 0 radical (unpaired) electrons. The molecule has 0 fully saturated rings. The van der Waals surface area contributed by atoms with Crippen LogP contribution in [0.2, 0.25) is 19.6 Å². The summed E-state index contributed by atoms with van der Waals surface area (Å²) in [6.45, 7) is 10.7. The van der Waals surface area contributed by atoms with Crippen LogP contribution >= 0.6 is 15.9 Å². The minimum absolute atomic E-state index is 0.401. The van der Waals surface area contributed by atoms with Gasteiger partial charge in [0, 0.05) is 10.9 Å². The van der Waals surface area contributed by atoms with Crippen molar-refractivity contribution < 1.29 is 4.43 Å². The van der Waals surface area contributed by atoms with Crippen LogP contribution in [0.5, 0.6) is 0 Å². The monoisotopic (exact) mass is 372 g/mol. The molecule has 2 aromatic carbocycles. The average molecular weight is 373 g/mol. The largest absolute Gasteiger partial charge is 0.404 e. The Hall–Kier alpha value is -1.16. The van der Waals surface area contributed by atoms with Gasteiger partial charge in [-0.05, 0) is 54.0 Å². The van der Waals surface area contributed by atoms with Crippen LogP contribution in [0.4, 0.5) is 0 Å². The minimum atomic E-state index is -1.75. The number of halogens is 1. The van der Waals surface area contributed by atoms with Gasteiger partial charge in [0.15, 0.2) is 8.32 Å². The van der Waals surface area contributed by atoms with Crippen molar-refractivity contribution in [1.29, 1.82) is 0 Å². The fourth-order valence-electron chi connectivity index (χ4n) is 3.40. The molecule has 0 aliphatic heterocycles. The predicted molar refractivity (Wildman–Crippen MR) is 99.6 cm³/mol. The van der Waals surface area contributed by atoms with Gasteiger partial charge in [-0.15, -0.1) is 6.58 Å². The summed E-state index contributed by atoms with van der Waals surface area (Å²) in [5.74, 6) is 0. The van der Waals surface area contributed by atoms with Gasteiger partial charge in [-0.25, -0.2) is 0 Å². The topological polar surface area (TPSA) is 9.23 Å². The molecule has 0 bridgehead atoms. The number of fused-ring (bicyclic) bond motifs is 3. The first kappa shape index (κ1) is 15.7. The van der Waals surface area contributed by atoms with Crippen molar-refractivity contribution in [3.8, 4) is 11.1 Å². The molecule has 3 rings (SSSR count). The zero-order valence-electron chi connectivity index (χ0n) is 13.3. The molecule has 1 atom stereocenters. The fourth-order valence-corrected chi connectivity index (χ4v) is 5.11. The molecule has 0 amide bonds. The molecule has 0 N–H and O–H groups in total. The lowest BCUT2D eigenvalue weighted by Gasteiger charge is -2.37. The summed E-state index contributed by atoms with van der Waals surface area (Å²) >= 11 is 3.62. The molecule has 0 saturated carbocycles. The Labute approximate surface area is 142 Å². The number of benzene rings is 2. The standard InChI is InChI=1S/C19H21BrOSi/c1-5-12-19(21-22(2,3)4)17-9-7-6-8-15(17)16-11-10-14(20)13-18(16)19/h5-11,13H,1,12H2,2-4H3. The Balaban J connectivity index is 2.32. The predicted octanol–water partition coefficient (Wildman–Crippen LogP) is 6.10. The Morgan fingerprint density at radius 3 is 2.45 bits per heavy atom. The van der Waals surface area contributed by atoms with Gasteiger partial charge in [-0.2, -0.15) is 0 Å². The molecule has 2 aromatic rings. The van der Waals surface area contributed by atoms with Gasteiger partial charge in [0.1, 0.15) is 5.60 Å². The molecule has 1 aliphatic carbocycles. The molecule has 22 heavy (non-hydrogen) atoms. The number of hydrogen-bond acceptors (Lipinski definition) is 1. The average Bonchev–Trinajstić information content (AvgIpc) is 2.69. The van der Waals surface area contributed by atoms with Gasteiger partial charge in [-0.3, -0.25) is 0 Å². The highest BCUT2D eigenvalue weighted by Crippen LogP contribution is 2.53. The molecule has 1 unspecified atom stereocenters. The highest BCUT2D eigenvalue weighted by molar-refractivity contribution is 9.10. The Bertz CT molecular complexity index is 732. The van der Waals surface area contributed by atoms with Crippen LogP contribution in [0.1, 0.15) is 17.5 Å². The number of hydrogen-bond donors (Lipinski definition) is 0. The van der Waals surface area contributed by atoms with E-state index >= 15 is 0 Å². The second kappa shape index (κ2) is 5.48. The van der Waals surface area contributed by atoms with E-state index in [1.807, 2.05) is 6.08 Å². The van der Waals surface area contributed by atoms with Crippen molar-refractivity contribution in [3.63, 3.8) is 0 Å². The summed E-state index contributed by atoms with van der Waals surface area (Å²) in [6, 6.07) is 15.1. The molecule has 3 heteroatoms. The third kappa shape index (κ3) is 2.51. The van der Waals surface area contributed by atoms with Gasteiger partial charge in [0.2, 0.25) is 0 Å². The first-order valence-electron chi connectivity index (χ1n) is 7.58. The first-order valence-corrected chi connectivity index (χ1v) is 11.8. The van der Waals surface area contributed by atoms with Crippen molar-refractivity contribution in [1.82, 2.24) is 0 Å². The number of rotatable bonds is 4. The van der Waals surface area contributed by atoms with Crippen molar-refractivity contribution in [2.24, 2.45) is 0 Å². The summed E-state index contributed by atoms with van der Waals surface area (Å²) in [5.41, 5.74) is 4.68. The van der Waals surface area contributed by atoms with Crippen LogP contribution in [-0.2, 0) is 10.0 Å². The molecule has 0 spiro atoms. The van der Waals surface area contributed by atoms with Crippen LogP contribution < -0.4 is 0 Å². The van der Waals surface area contributed by atoms with Crippen molar-refractivity contribution in [2.75, 3.05) is 0 Å². The molecule has 1 aliphatic rings. The Morgan fingerprint density at radius 1 is 1.09 bits per heavy atom. The van der Waals surface area contributed by atoms with E-state index in [1.165, 1.54) is 22.3 Å². The molecule has 0 heterocycles. The summed E-state index contributed by atoms with van der Waals surface area (Å²) < 4.78 is 7.87. The Morgan fingerprint density at radius 2 is 1.77 bits per heavy atom. The normalized spacial score (nSPS) is 19.6. The van der Waals surface area contributed by atoms with Crippen LogP contribution in [0, 0.1) is 0 Å². The molecular weight excluding hydrogens is 352 g/mol. The maximum atomic E-state index is 6.78. The molecular formula is C19H21BrOSi. The third-order valence-electron chi connectivity index (χ3n) is 3.98. The van der Waals surface area contributed by atoms with E-state index in [0.717, 1.165) is 10.9 Å². The summed E-state index contributed by atoms with van der Waals surface area (Å²) in [4.78, 5) is 0. The van der Waals surface area contributed by atoms with Gasteiger partial charge in [-0.1, -0.05) is 52.3 Å². The third-order valence-corrected chi connectivity index (χ3v) is 5.44. The quantitative estimate of drug-likeness (QED) is 0.465. The van der Waals surface area contributed by atoms with Gasteiger partial charge < -0.3 is 4.43 Å². The lowest BCUT2D eigenvalue weighted by Crippen LogP contribution is -2.40. The van der Waals surface area contributed by atoms with Crippen molar-refractivity contribution in [3.05, 3.63) is 70.7 Å². The first-order chi connectivity index (χ1) is 10.4. The SMILES string of the molecule is C=CCC1(O[Si](C)(C)C)c2ccccc2-c2ccc(Br)cc21. The van der Waals surface area contributed by atoms with E-state index in [2.05, 4.69) is 84.6 Å². The lowest BCUT2D eigenvalue weighted by molar-refractivity contribution is 0.110. The highest BCUT2D eigenvalue weighted by Gasteiger charge is 2.45. The van der Waals surface area contributed by atoms with Crippen LogP contribution in [-0.4, -0.2) is 8.32 Å². The zero-order valence-corrected chi connectivity index (χ0v) is 15.9. The molecule has 0 aromatic heterocycles. The lowest BCUT2D eigenvalue weighted by atomic mass is 9.88. The minimum Gasteiger partial charge on any atom is -0.404 e. The van der Waals surface area contributed by atoms with E-state index in [-0.39, 0.29) is 0 Å².